The summed E-state index contributed by atoms with van der Waals surface area (Å²) in [4.78, 5) is 27.5. The minimum absolute atomic E-state index is 0.0326. The number of anilines is 1. The van der Waals surface area contributed by atoms with E-state index in [2.05, 4.69) is 15.6 Å². The molecule has 0 bridgehead atoms. The number of carbonyl (C=O) groups is 2. The maximum Gasteiger partial charge on any atom is 0.313 e. The molecule has 3 N–H and O–H groups in total. The van der Waals surface area contributed by atoms with Crippen molar-refractivity contribution >= 4 is 28.4 Å². The third kappa shape index (κ3) is 3.30. The number of aromatic nitrogens is 1. The number of para-hydroxylation sites is 1. The van der Waals surface area contributed by atoms with Gasteiger partial charge in [0.1, 0.15) is 0 Å². The molecule has 2 rings (SSSR count). The SMILES string of the molecule is O=C(NCCCO)C(=O)Nc1cccc2cccnc12. The van der Waals surface area contributed by atoms with Crippen molar-refractivity contribution in [2.24, 2.45) is 0 Å². The van der Waals surface area contributed by atoms with Gasteiger partial charge in [0.2, 0.25) is 0 Å². The highest BCUT2D eigenvalue weighted by molar-refractivity contribution is 6.40. The quantitative estimate of drug-likeness (QED) is 0.564. The number of nitrogens with one attached hydrogen (secondary N) is 2. The number of amides is 2. The number of nitrogens with zero attached hydrogens (tertiary/aromatic N) is 1. The monoisotopic (exact) mass is 273 g/mol. The van der Waals surface area contributed by atoms with Crippen LogP contribution in [0.2, 0.25) is 0 Å². The molecule has 0 radical (unpaired) electrons. The lowest BCUT2D eigenvalue weighted by molar-refractivity contribution is -0.136. The Hall–Kier alpha value is -2.47. The van der Waals surface area contributed by atoms with Gasteiger partial charge in [0.25, 0.3) is 0 Å². The smallest absolute Gasteiger partial charge is 0.313 e. The Morgan fingerprint density at radius 2 is 1.95 bits per heavy atom. The van der Waals surface area contributed by atoms with Crippen LogP contribution in [0.15, 0.2) is 36.5 Å². The minimum Gasteiger partial charge on any atom is -0.396 e. The fourth-order valence-corrected chi connectivity index (χ4v) is 1.75. The average molecular weight is 273 g/mol. The Morgan fingerprint density at radius 3 is 2.75 bits per heavy atom. The molecule has 0 atom stereocenters. The van der Waals surface area contributed by atoms with Gasteiger partial charge in [0.15, 0.2) is 0 Å². The number of carbonyl (C=O) groups excluding carboxylic acids is 2. The van der Waals surface area contributed by atoms with Crippen LogP contribution in [0, 0.1) is 0 Å². The van der Waals surface area contributed by atoms with Gasteiger partial charge in [-0.25, -0.2) is 0 Å². The number of rotatable bonds is 4. The first-order valence-corrected chi connectivity index (χ1v) is 6.26. The van der Waals surface area contributed by atoms with Gasteiger partial charge in [-0.2, -0.15) is 0 Å². The molecule has 0 unspecified atom stereocenters. The van der Waals surface area contributed by atoms with Gasteiger partial charge in [-0.15, -0.1) is 0 Å². The summed E-state index contributed by atoms with van der Waals surface area (Å²) in [5.74, 6) is -1.48. The average Bonchev–Trinajstić information content (AvgIpc) is 2.47. The van der Waals surface area contributed by atoms with Crippen molar-refractivity contribution in [3.05, 3.63) is 36.5 Å². The topological polar surface area (TPSA) is 91.3 Å². The second kappa shape index (κ2) is 6.63. The predicted molar refractivity (Wildman–Crippen MR) is 75.1 cm³/mol. The first-order chi connectivity index (χ1) is 9.72. The van der Waals surface area contributed by atoms with Gasteiger partial charge in [-0.1, -0.05) is 18.2 Å². The summed E-state index contributed by atoms with van der Waals surface area (Å²) in [6, 6.07) is 9.02. The normalized spacial score (nSPS) is 10.2. The van der Waals surface area contributed by atoms with Crippen LogP contribution in [-0.2, 0) is 9.59 Å². The molecule has 0 aliphatic carbocycles. The maximum absolute atomic E-state index is 11.7. The van der Waals surface area contributed by atoms with Gasteiger partial charge < -0.3 is 15.7 Å². The second-order valence-corrected chi connectivity index (χ2v) is 4.17. The third-order valence-electron chi connectivity index (χ3n) is 2.71. The highest BCUT2D eigenvalue weighted by Crippen LogP contribution is 2.20. The summed E-state index contributed by atoms with van der Waals surface area (Å²) in [5.41, 5.74) is 1.12. The summed E-state index contributed by atoms with van der Waals surface area (Å²) >= 11 is 0. The Balaban J connectivity index is 2.08. The molecule has 1 heterocycles. The second-order valence-electron chi connectivity index (χ2n) is 4.17. The molecule has 6 nitrogen and oxygen atoms in total. The van der Waals surface area contributed by atoms with E-state index in [0.717, 1.165) is 5.39 Å². The molecule has 0 spiro atoms. The lowest BCUT2D eigenvalue weighted by atomic mass is 10.2. The molecule has 0 fully saturated rings. The minimum atomic E-state index is -0.749. The molecular formula is C14H15N3O3. The van der Waals surface area contributed by atoms with E-state index < -0.39 is 11.8 Å². The van der Waals surface area contributed by atoms with Gasteiger partial charge >= 0.3 is 11.8 Å². The molecular weight excluding hydrogens is 258 g/mol. The third-order valence-corrected chi connectivity index (χ3v) is 2.71. The van der Waals surface area contributed by atoms with Crippen molar-refractivity contribution in [1.82, 2.24) is 10.3 Å². The molecule has 20 heavy (non-hydrogen) atoms. The van der Waals surface area contributed by atoms with Crippen molar-refractivity contribution in [1.29, 1.82) is 0 Å². The number of benzene rings is 1. The number of hydrogen-bond acceptors (Lipinski definition) is 4. The van der Waals surface area contributed by atoms with E-state index in [9.17, 15) is 9.59 Å². The van der Waals surface area contributed by atoms with Crippen molar-refractivity contribution in [3.63, 3.8) is 0 Å². The molecule has 0 saturated heterocycles. The summed E-state index contributed by atoms with van der Waals surface area (Å²) in [6.45, 7) is 0.228. The van der Waals surface area contributed by atoms with E-state index in [0.29, 0.717) is 17.6 Å². The van der Waals surface area contributed by atoms with Crippen molar-refractivity contribution in [2.75, 3.05) is 18.5 Å². The largest absolute Gasteiger partial charge is 0.396 e. The molecule has 2 amide bonds. The van der Waals surface area contributed by atoms with Gasteiger partial charge in [-0.05, 0) is 18.6 Å². The number of hydrogen-bond donors (Lipinski definition) is 3. The zero-order valence-electron chi connectivity index (χ0n) is 10.8. The summed E-state index contributed by atoms with van der Waals surface area (Å²) in [7, 11) is 0. The summed E-state index contributed by atoms with van der Waals surface area (Å²) in [5, 5.41) is 14.4. The van der Waals surface area contributed by atoms with Crippen LogP contribution in [0.25, 0.3) is 10.9 Å². The van der Waals surface area contributed by atoms with Gasteiger partial charge in [-0.3, -0.25) is 14.6 Å². The number of fused-ring (bicyclic) bond motifs is 1. The molecule has 0 aliphatic rings. The van der Waals surface area contributed by atoms with Crippen LogP contribution >= 0.6 is 0 Å². The highest BCUT2D eigenvalue weighted by atomic mass is 16.3. The maximum atomic E-state index is 11.7. The molecule has 104 valence electrons. The van der Waals surface area contributed by atoms with E-state index in [1.165, 1.54) is 0 Å². The fourth-order valence-electron chi connectivity index (χ4n) is 1.75. The fraction of sp³-hybridized carbons (Fsp3) is 0.214. The van der Waals surface area contributed by atoms with E-state index in [1.807, 2.05) is 12.1 Å². The Kier molecular flexibility index (Phi) is 4.62. The van der Waals surface area contributed by atoms with E-state index in [4.69, 9.17) is 5.11 Å². The Morgan fingerprint density at radius 1 is 1.15 bits per heavy atom. The molecule has 2 aromatic rings. The predicted octanol–water partition coefficient (Wildman–Crippen LogP) is 0.672. The first kappa shape index (κ1) is 14.0. The van der Waals surface area contributed by atoms with E-state index >= 15 is 0 Å². The molecule has 0 aliphatic heterocycles. The van der Waals surface area contributed by atoms with Crippen LogP contribution in [0.5, 0.6) is 0 Å². The van der Waals surface area contributed by atoms with Crippen LogP contribution in [0.3, 0.4) is 0 Å². The molecule has 1 aromatic heterocycles. The van der Waals surface area contributed by atoms with Crippen LogP contribution < -0.4 is 10.6 Å². The summed E-state index contributed by atoms with van der Waals surface area (Å²) < 4.78 is 0. The van der Waals surface area contributed by atoms with E-state index in [-0.39, 0.29) is 13.2 Å². The van der Waals surface area contributed by atoms with Crippen LogP contribution in [-0.4, -0.2) is 35.1 Å². The van der Waals surface area contributed by atoms with Gasteiger partial charge in [0, 0.05) is 24.7 Å². The number of aliphatic hydroxyl groups excluding tert-OH is 1. The molecule has 1 aromatic carbocycles. The Bertz CT molecular complexity index is 623. The Labute approximate surface area is 115 Å². The van der Waals surface area contributed by atoms with Crippen molar-refractivity contribution in [2.45, 2.75) is 6.42 Å². The number of aliphatic hydroxyl groups is 1. The zero-order chi connectivity index (χ0) is 14.4. The standard InChI is InChI=1S/C14H15N3O3/c18-9-3-8-16-13(19)14(20)17-11-6-1-4-10-5-2-7-15-12(10)11/h1-2,4-7,18H,3,8-9H2,(H,16,19)(H,17,20). The zero-order valence-corrected chi connectivity index (χ0v) is 10.8. The number of pyridine rings is 1. The molecule has 0 saturated carbocycles. The van der Waals surface area contributed by atoms with Crippen LogP contribution in [0.1, 0.15) is 6.42 Å². The van der Waals surface area contributed by atoms with Crippen LogP contribution in [0.4, 0.5) is 5.69 Å². The van der Waals surface area contributed by atoms with Crippen molar-refractivity contribution < 1.29 is 14.7 Å². The lowest BCUT2D eigenvalue weighted by Gasteiger charge is -2.08. The van der Waals surface area contributed by atoms with Gasteiger partial charge in [0.05, 0.1) is 11.2 Å². The molecule has 6 heteroatoms. The van der Waals surface area contributed by atoms with E-state index in [1.54, 1.807) is 24.4 Å². The highest BCUT2D eigenvalue weighted by Gasteiger charge is 2.14. The first-order valence-electron chi connectivity index (χ1n) is 6.26. The van der Waals surface area contributed by atoms with Crippen molar-refractivity contribution in [3.8, 4) is 0 Å². The summed E-state index contributed by atoms with van der Waals surface area (Å²) in [6.07, 6.45) is 2.04. The lowest BCUT2D eigenvalue weighted by Crippen LogP contribution is -2.36.